The van der Waals surface area contributed by atoms with Crippen LogP contribution in [0, 0.1) is 52.2 Å². The maximum absolute atomic E-state index is 13.2. The normalized spacial score (nSPS) is 45.5. The van der Waals surface area contributed by atoms with Crippen molar-refractivity contribution in [1.29, 1.82) is 0 Å². The van der Waals surface area contributed by atoms with Gasteiger partial charge < -0.3 is 5.11 Å². The van der Waals surface area contributed by atoms with Gasteiger partial charge in [-0.1, -0.05) is 32.9 Å². The molecule has 1 nitrogen and oxygen atoms in total. The number of halogens is 1. The topological polar surface area (TPSA) is 20.2 Å². The number of aryl methyl sites for hydroxylation is 1. The molecule has 0 amide bonds. The molecule has 0 spiro atoms. The molecule has 0 bridgehead atoms. The molecule has 172 valence electrons. The van der Waals surface area contributed by atoms with Crippen LogP contribution in [0.25, 0.3) is 0 Å². The predicted octanol–water partition coefficient (Wildman–Crippen LogP) is 7.41. The molecule has 1 aromatic rings. The summed E-state index contributed by atoms with van der Waals surface area (Å²) in [6.07, 6.45) is 14.0. The summed E-state index contributed by atoms with van der Waals surface area (Å²) in [5.41, 5.74) is 2.28. The van der Waals surface area contributed by atoms with Crippen LogP contribution < -0.4 is 0 Å². The van der Waals surface area contributed by atoms with E-state index in [1.807, 2.05) is 12.1 Å². The van der Waals surface area contributed by atoms with E-state index in [0.29, 0.717) is 10.8 Å². The quantitative estimate of drug-likeness (QED) is 0.531. The lowest BCUT2D eigenvalue weighted by Gasteiger charge is -2.61. The number of benzene rings is 1. The van der Waals surface area contributed by atoms with E-state index in [-0.39, 0.29) is 11.9 Å². The van der Waals surface area contributed by atoms with Crippen molar-refractivity contribution in [1.82, 2.24) is 0 Å². The smallest absolute Gasteiger partial charge is 0.123 e. The number of rotatable bonds is 4. The van der Waals surface area contributed by atoms with Gasteiger partial charge in [-0.15, -0.1) is 0 Å². The predicted molar refractivity (Wildman–Crippen MR) is 125 cm³/mol. The molecule has 9 unspecified atom stereocenters. The zero-order valence-electron chi connectivity index (χ0n) is 20.0. The Morgan fingerprint density at radius 1 is 0.935 bits per heavy atom. The Morgan fingerprint density at radius 3 is 2.42 bits per heavy atom. The van der Waals surface area contributed by atoms with Crippen molar-refractivity contribution in [3.05, 3.63) is 35.6 Å². The number of aliphatic hydroxyl groups excluding tert-OH is 1. The van der Waals surface area contributed by atoms with E-state index in [1.165, 1.54) is 56.9 Å². The Hall–Kier alpha value is -0.890. The molecule has 2 heteroatoms. The van der Waals surface area contributed by atoms with E-state index in [0.717, 1.165) is 54.8 Å². The van der Waals surface area contributed by atoms with Gasteiger partial charge in [-0.3, -0.25) is 0 Å². The highest BCUT2D eigenvalue weighted by Gasteiger charge is 2.60. The van der Waals surface area contributed by atoms with Crippen molar-refractivity contribution in [3.63, 3.8) is 0 Å². The van der Waals surface area contributed by atoms with Crippen molar-refractivity contribution in [2.45, 2.75) is 97.5 Å². The van der Waals surface area contributed by atoms with Crippen molar-refractivity contribution >= 4 is 0 Å². The first-order valence-electron chi connectivity index (χ1n) is 13.2. The molecule has 4 saturated carbocycles. The molecular weight excluding hydrogens is 383 g/mol. The first-order chi connectivity index (χ1) is 14.8. The van der Waals surface area contributed by atoms with Gasteiger partial charge in [-0.05, 0) is 135 Å². The lowest BCUT2D eigenvalue weighted by Crippen LogP contribution is -2.54. The molecule has 31 heavy (non-hydrogen) atoms. The van der Waals surface area contributed by atoms with Gasteiger partial charge in [0.25, 0.3) is 0 Å². The van der Waals surface area contributed by atoms with E-state index in [2.05, 4.69) is 20.8 Å². The van der Waals surface area contributed by atoms with Gasteiger partial charge in [-0.2, -0.15) is 0 Å². The Kier molecular flexibility index (Phi) is 5.77. The Bertz CT molecular complexity index is 773. The summed E-state index contributed by atoms with van der Waals surface area (Å²) in [5, 5.41) is 10.3. The van der Waals surface area contributed by atoms with Crippen molar-refractivity contribution in [3.8, 4) is 0 Å². The average molecular weight is 427 g/mol. The van der Waals surface area contributed by atoms with Crippen LogP contribution in [0.1, 0.15) is 90.5 Å². The summed E-state index contributed by atoms with van der Waals surface area (Å²) in [7, 11) is 0. The summed E-state index contributed by atoms with van der Waals surface area (Å²) < 4.78 is 13.2. The van der Waals surface area contributed by atoms with E-state index in [4.69, 9.17) is 0 Å². The number of hydrogen-bond donors (Lipinski definition) is 1. The zero-order chi connectivity index (χ0) is 21.8. The summed E-state index contributed by atoms with van der Waals surface area (Å²) in [6, 6.07) is 7.14. The maximum atomic E-state index is 13.2. The van der Waals surface area contributed by atoms with Crippen molar-refractivity contribution in [2.24, 2.45) is 46.3 Å². The fourth-order valence-corrected chi connectivity index (χ4v) is 9.46. The first-order valence-corrected chi connectivity index (χ1v) is 13.2. The van der Waals surface area contributed by atoms with E-state index in [1.54, 1.807) is 12.1 Å². The molecule has 5 rings (SSSR count). The molecule has 1 N–H and O–H groups in total. The molecule has 0 saturated heterocycles. The third-order valence-electron chi connectivity index (χ3n) is 11.2. The van der Waals surface area contributed by atoms with Crippen LogP contribution in [0.5, 0.6) is 0 Å². The highest BCUT2D eigenvalue weighted by atomic mass is 19.1. The maximum Gasteiger partial charge on any atom is 0.123 e. The minimum atomic E-state index is -0.129. The monoisotopic (exact) mass is 426 g/mol. The molecule has 1 aromatic carbocycles. The number of hydrogen-bond acceptors (Lipinski definition) is 1. The van der Waals surface area contributed by atoms with Crippen LogP contribution in [-0.4, -0.2) is 11.2 Å². The zero-order valence-corrected chi connectivity index (χ0v) is 20.0. The van der Waals surface area contributed by atoms with Gasteiger partial charge in [-0.25, -0.2) is 4.39 Å². The third-order valence-corrected chi connectivity index (χ3v) is 11.2. The second-order valence-corrected chi connectivity index (χ2v) is 12.5. The van der Waals surface area contributed by atoms with E-state index in [9.17, 15) is 9.50 Å². The van der Waals surface area contributed by atoms with Crippen molar-refractivity contribution in [2.75, 3.05) is 0 Å². The molecule has 9 atom stereocenters. The summed E-state index contributed by atoms with van der Waals surface area (Å²) in [6.45, 7) is 7.74. The van der Waals surface area contributed by atoms with Gasteiger partial charge in [0.05, 0.1) is 6.10 Å². The van der Waals surface area contributed by atoms with E-state index < -0.39 is 0 Å². The Balaban J connectivity index is 1.28. The van der Waals surface area contributed by atoms with Crippen molar-refractivity contribution < 1.29 is 9.50 Å². The molecule has 0 aliphatic heterocycles. The van der Waals surface area contributed by atoms with Crippen LogP contribution >= 0.6 is 0 Å². The highest BCUT2D eigenvalue weighted by molar-refractivity contribution is 5.16. The first kappa shape index (κ1) is 21.9. The minimum absolute atomic E-state index is 0.0405. The van der Waals surface area contributed by atoms with Gasteiger partial charge in [0.15, 0.2) is 0 Å². The standard InChI is InChI=1S/C29H43FO/c1-19(4-5-20-6-9-22(30)10-7-20)25-12-13-26-24-11-8-21-18-23(31)14-16-28(21,2)27(24)15-17-29(25,26)3/h6-7,9-10,19,21,23-27,31H,4-5,8,11-18H2,1-3H3. The molecule has 4 fully saturated rings. The van der Waals surface area contributed by atoms with Crippen LogP contribution in [0.4, 0.5) is 4.39 Å². The van der Waals surface area contributed by atoms with Gasteiger partial charge in [0.2, 0.25) is 0 Å². The van der Waals surface area contributed by atoms with E-state index >= 15 is 0 Å². The average Bonchev–Trinajstić information content (AvgIpc) is 3.11. The molecular formula is C29H43FO. The lowest BCUT2D eigenvalue weighted by atomic mass is 9.44. The second kappa shape index (κ2) is 8.15. The summed E-state index contributed by atoms with van der Waals surface area (Å²) in [5.74, 6) is 4.94. The molecule has 0 radical (unpaired) electrons. The summed E-state index contributed by atoms with van der Waals surface area (Å²) in [4.78, 5) is 0. The van der Waals surface area contributed by atoms with Crippen LogP contribution in [0.15, 0.2) is 24.3 Å². The van der Waals surface area contributed by atoms with Crippen LogP contribution in [-0.2, 0) is 6.42 Å². The Labute approximate surface area is 189 Å². The highest BCUT2D eigenvalue weighted by Crippen LogP contribution is 2.68. The SMILES string of the molecule is CC(CCc1ccc(F)cc1)C1CCC2C3CCC4CC(O)CCC4(C)C3CCC12C. The fourth-order valence-electron chi connectivity index (χ4n) is 9.46. The molecule has 0 heterocycles. The number of aliphatic hydroxyl groups is 1. The number of fused-ring (bicyclic) bond motifs is 5. The van der Waals surface area contributed by atoms with Crippen LogP contribution in [0.3, 0.4) is 0 Å². The fraction of sp³-hybridized carbons (Fsp3) is 0.793. The van der Waals surface area contributed by atoms with Gasteiger partial charge in [0, 0.05) is 0 Å². The van der Waals surface area contributed by atoms with Gasteiger partial charge in [0.1, 0.15) is 5.82 Å². The summed E-state index contributed by atoms with van der Waals surface area (Å²) >= 11 is 0. The second-order valence-electron chi connectivity index (χ2n) is 12.5. The molecule has 0 aromatic heterocycles. The van der Waals surface area contributed by atoms with Gasteiger partial charge >= 0.3 is 0 Å². The van der Waals surface area contributed by atoms with Crippen LogP contribution in [0.2, 0.25) is 0 Å². The third kappa shape index (κ3) is 3.69. The molecule has 4 aliphatic rings. The molecule has 4 aliphatic carbocycles. The lowest BCUT2D eigenvalue weighted by molar-refractivity contribution is -0.129. The largest absolute Gasteiger partial charge is 0.393 e. The Morgan fingerprint density at radius 2 is 1.65 bits per heavy atom. The minimum Gasteiger partial charge on any atom is -0.393 e.